The molecule has 0 spiro atoms. The molecule has 3 rings (SSSR count). The monoisotopic (exact) mass is 445 g/mol. The summed E-state index contributed by atoms with van der Waals surface area (Å²) < 4.78 is 11.2. The standard InChI is InChI=1S/C29H35NO3/c1-5-23(21-22-7-15-27(32-4)16-8-22)29(24-9-13-26(31)14-10-24)25-11-17-28(18-12-25)33-20-6-19-30(2)3/h7-18,31H,5-6,19-21H2,1-4H3. The van der Waals surface area contributed by atoms with Crippen molar-refractivity contribution in [1.29, 1.82) is 0 Å². The van der Waals surface area contributed by atoms with E-state index < -0.39 is 0 Å². The van der Waals surface area contributed by atoms with Gasteiger partial charge in [-0.2, -0.15) is 0 Å². The molecule has 0 atom stereocenters. The number of nitrogens with zero attached hydrogens (tertiary/aromatic N) is 1. The number of hydrogen-bond acceptors (Lipinski definition) is 4. The zero-order valence-corrected chi connectivity index (χ0v) is 20.2. The Labute approximate surface area is 198 Å². The zero-order valence-electron chi connectivity index (χ0n) is 20.2. The van der Waals surface area contributed by atoms with Crippen molar-refractivity contribution in [1.82, 2.24) is 4.90 Å². The fraction of sp³-hybridized carbons (Fsp3) is 0.310. The van der Waals surface area contributed by atoms with Crippen LogP contribution >= 0.6 is 0 Å². The molecule has 4 heteroatoms. The van der Waals surface area contributed by atoms with E-state index in [-0.39, 0.29) is 5.75 Å². The van der Waals surface area contributed by atoms with Crippen molar-refractivity contribution in [2.45, 2.75) is 26.2 Å². The third-order valence-electron chi connectivity index (χ3n) is 5.67. The van der Waals surface area contributed by atoms with Crippen molar-refractivity contribution in [3.05, 3.63) is 95.1 Å². The van der Waals surface area contributed by atoms with Crippen LogP contribution in [0.3, 0.4) is 0 Å². The van der Waals surface area contributed by atoms with Crippen LogP contribution in [0.2, 0.25) is 0 Å². The zero-order chi connectivity index (χ0) is 23.6. The Morgan fingerprint density at radius 2 is 1.39 bits per heavy atom. The van der Waals surface area contributed by atoms with E-state index in [0.717, 1.165) is 48.4 Å². The highest BCUT2D eigenvalue weighted by Crippen LogP contribution is 2.32. The molecule has 0 bridgehead atoms. The summed E-state index contributed by atoms with van der Waals surface area (Å²) in [6.45, 7) is 3.91. The molecular formula is C29H35NO3. The number of allylic oxidation sites excluding steroid dienone is 1. The minimum absolute atomic E-state index is 0.271. The van der Waals surface area contributed by atoms with Crippen LogP contribution in [0.15, 0.2) is 78.4 Å². The second-order valence-corrected chi connectivity index (χ2v) is 8.43. The lowest BCUT2D eigenvalue weighted by atomic mass is 9.88. The van der Waals surface area contributed by atoms with Crippen molar-refractivity contribution in [2.24, 2.45) is 0 Å². The molecule has 174 valence electrons. The average Bonchev–Trinajstić information content (AvgIpc) is 2.83. The number of hydrogen-bond donors (Lipinski definition) is 1. The van der Waals surface area contributed by atoms with E-state index in [1.165, 1.54) is 16.7 Å². The highest BCUT2D eigenvalue weighted by Gasteiger charge is 2.13. The van der Waals surface area contributed by atoms with Crippen LogP contribution in [0.25, 0.3) is 5.57 Å². The third-order valence-corrected chi connectivity index (χ3v) is 5.67. The predicted octanol–water partition coefficient (Wildman–Crippen LogP) is 6.19. The summed E-state index contributed by atoms with van der Waals surface area (Å²) in [7, 11) is 5.83. The van der Waals surface area contributed by atoms with Gasteiger partial charge >= 0.3 is 0 Å². The fourth-order valence-electron chi connectivity index (χ4n) is 3.87. The van der Waals surface area contributed by atoms with E-state index in [1.807, 2.05) is 36.4 Å². The predicted molar refractivity (Wildman–Crippen MR) is 136 cm³/mol. The molecule has 0 aromatic heterocycles. The molecule has 33 heavy (non-hydrogen) atoms. The lowest BCUT2D eigenvalue weighted by Gasteiger charge is -2.17. The normalized spacial score (nSPS) is 11.9. The topological polar surface area (TPSA) is 41.9 Å². The first-order chi connectivity index (χ1) is 16.0. The Morgan fingerprint density at radius 3 is 1.94 bits per heavy atom. The Hall–Kier alpha value is -3.24. The van der Waals surface area contributed by atoms with Crippen LogP contribution < -0.4 is 9.47 Å². The van der Waals surface area contributed by atoms with Gasteiger partial charge in [-0.05, 0) is 92.0 Å². The van der Waals surface area contributed by atoms with Gasteiger partial charge in [0, 0.05) is 6.54 Å². The van der Waals surface area contributed by atoms with E-state index in [4.69, 9.17) is 9.47 Å². The van der Waals surface area contributed by atoms with Gasteiger partial charge in [0.05, 0.1) is 13.7 Å². The lowest BCUT2D eigenvalue weighted by molar-refractivity contribution is 0.281. The second-order valence-electron chi connectivity index (χ2n) is 8.43. The maximum Gasteiger partial charge on any atom is 0.119 e. The Morgan fingerprint density at radius 1 is 0.818 bits per heavy atom. The van der Waals surface area contributed by atoms with E-state index in [1.54, 1.807) is 19.2 Å². The van der Waals surface area contributed by atoms with Crippen molar-refractivity contribution in [2.75, 3.05) is 34.4 Å². The molecule has 1 N–H and O–H groups in total. The van der Waals surface area contributed by atoms with Gasteiger partial charge in [0.25, 0.3) is 0 Å². The van der Waals surface area contributed by atoms with Crippen LogP contribution in [0.1, 0.15) is 36.5 Å². The number of methoxy groups -OCH3 is 1. The van der Waals surface area contributed by atoms with Gasteiger partial charge in [-0.3, -0.25) is 0 Å². The molecule has 0 aliphatic heterocycles. The van der Waals surface area contributed by atoms with Gasteiger partial charge in [0.1, 0.15) is 17.2 Å². The third kappa shape index (κ3) is 7.13. The van der Waals surface area contributed by atoms with Gasteiger partial charge in [-0.25, -0.2) is 0 Å². The maximum absolute atomic E-state index is 9.82. The van der Waals surface area contributed by atoms with E-state index in [9.17, 15) is 5.11 Å². The highest BCUT2D eigenvalue weighted by molar-refractivity contribution is 5.82. The van der Waals surface area contributed by atoms with Gasteiger partial charge in [-0.1, -0.05) is 48.9 Å². The molecule has 0 aliphatic rings. The highest BCUT2D eigenvalue weighted by atomic mass is 16.5. The first-order valence-corrected chi connectivity index (χ1v) is 11.5. The minimum atomic E-state index is 0.271. The second kappa shape index (κ2) is 12.1. The van der Waals surface area contributed by atoms with Gasteiger partial charge in [-0.15, -0.1) is 0 Å². The molecule has 3 aromatic rings. The van der Waals surface area contributed by atoms with Gasteiger partial charge in [0.15, 0.2) is 0 Å². The summed E-state index contributed by atoms with van der Waals surface area (Å²) in [4.78, 5) is 2.16. The number of rotatable bonds is 11. The SMILES string of the molecule is CCC(Cc1ccc(OC)cc1)=C(c1ccc(O)cc1)c1ccc(OCCCN(C)C)cc1. The van der Waals surface area contributed by atoms with Crippen molar-refractivity contribution in [3.63, 3.8) is 0 Å². The summed E-state index contributed by atoms with van der Waals surface area (Å²) in [6.07, 6.45) is 2.76. The van der Waals surface area contributed by atoms with Gasteiger partial charge in [0.2, 0.25) is 0 Å². The molecule has 0 unspecified atom stereocenters. The molecule has 0 radical (unpaired) electrons. The number of aromatic hydroxyl groups is 1. The van der Waals surface area contributed by atoms with Crippen molar-refractivity contribution >= 4 is 5.57 Å². The first kappa shape index (κ1) is 24.4. The molecule has 0 fully saturated rings. The average molecular weight is 446 g/mol. The molecule has 0 aliphatic carbocycles. The molecule has 4 nitrogen and oxygen atoms in total. The van der Waals surface area contributed by atoms with Crippen LogP contribution in [0, 0.1) is 0 Å². The number of ether oxygens (including phenoxy) is 2. The molecule has 0 amide bonds. The van der Waals surface area contributed by atoms with E-state index >= 15 is 0 Å². The molecule has 3 aromatic carbocycles. The lowest BCUT2D eigenvalue weighted by Crippen LogP contribution is -2.15. The maximum atomic E-state index is 9.82. The summed E-state index contributed by atoms with van der Waals surface area (Å²) in [6, 6.07) is 24.1. The minimum Gasteiger partial charge on any atom is -0.508 e. The smallest absolute Gasteiger partial charge is 0.119 e. The van der Waals surface area contributed by atoms with Gasteiger partial charge < -0.3 is 19.5 Å². The molecular weight excluding hydrogens is 410 g/mol. The largest absolute Gasteiger partial charge is 0.508 e. The number of phenols is 1. The number of benzene rings is 3. The van der Waals surface area contributed by atoms with Crippen LogP contribution in [-0.2, 0) is 6.42 Å². The van der Waals surface area contributed by atoms with E-state index in [2.05, 4.69) is 50.2 Å². The number of phenolic OH excluding ortho intramolecular Hbond substituents is 1. The van der Waals surface area contributed by atoms with Crippen molar-refractivity contribution in [3.8, 4) is 17.2 Å². The van der Waals surface area contributed by atoms with Crippen molar-refractivity contribution < 1.29 is 14.6 Å². The summed E-state index contributed by atoms with van der Waals surface area (Å²) in [5.74, 6) is 2.02. The van der Waals surface area contributed by atoms with E-state index in [0.29, 0.717) is 6.61 Å². The molecule has 0 heterocycles. The summed E-state index contributed by atoms with van der Waals surface area (Å²) in [5.41, 5.74) is 6.02. The fourth-order valence-corrected chi connectivity index (χ4v) is 3.87. The Balaban J connectivity index is 1.90. The Kier molecular flexibility index (Phi) is 8.96. The van der Waals surface area contributed by atoms with Crippen LogP contribution in [0.4, 0.5) is 0 Å². The van der Waals surface area contributed by atoms with Crippen LogP contribution in [0.5, 0.6) is 17.2 Å². The first-order valence-electron chi connectivity index (χ1n) is 11.5. The summed E-state index contributed by atoms with van der Waals surface area (Å²) in [5, 5.41) is 9.82. The quantitative estimate of drug-likeness (QED) is 0.358. The summed E-state index contributed by atoms with van der Waals surface area (Å²) >= 11 is 0. The molecule has 0 saturated heterocycles. The van der Waals surface area contributed by atoms with Crippen LogP contribution in [-0.4, -0.2) is 44.4 Å². The molecule has 0 saturated carbocycles. The Bertz CT molecular complexity index is 1020.